The lowest BCUT2D eigenvalue weighted by atomic mass is 9.85. The standard InChI is InChI=1S/C19H20N2O5S/c1-3-26-19(25)16-9(2)6-13(27-16)20-12(22)8-21-17(23)14-10-4-5-11(7-10)15(14)18(21)24/h4-6,10-11,14-15H,3,7-8H2,1-2H3,(H,20,22)/t10-,11+,14+,15-. The minimum absolute atomic E-state index is 0.122. The second-order valence-electron chi connectivity index (χ2n) is 7.15. The van der Waals surface area contributed by atoms with Crippen LogP contribution < -0.4 is 5.32 Å². The molecule has 4 atom stereocenters. The Morgan fingerprint density at radius 3 is 2.44 bits per heavy atom. The van der Waals surface area contributed by atoms with Gasteiger partial charge in [0.15, 0.2) is 0 Å². The summed E-state index contributed by atoms with van der Waals surface area (Å²) in [6.45, 7) is 3.46. The Labute approximate surface area is 160 Å². The second-order valence-corrected chi connectivity index (χ2v) is 8.21. The Balaban J connectivity index is 1.42. The van der Waals surface area contributed by atoms with Crippen LogP contribution in [0.15, 0.2) is 18.2 Å². The molecule has 1 N–H and O–H groups in total. The van der Waals surface area contributed by atoms with E-state index in [0.717, 1.165) is 22.7 Å². The Hall–Kier alpha value is -2.48. The van der Waals surface area contributed by atoms with Crippen molar-refractivity contribution in [2.75, 3.05) is 18.5 Å². The average molecular weight is 388 g/mol. The van der Waals surface area contributed by atoms with Gasteiger partial charge in [-0.2, -0.15) is 0 Å². The van der Waals surface area contributed by atoms with Crippen LogP contribution in [-0.2, 0) is 19.1 Å². The highest BCUT2D eigenvalue weighted by Gasteiger charge is 2.59. The van der Waals surface area contributed by atoms with E-state index in [-0.39, 0.29) is 48.6 Å². The summed E-state index contributed by atoms with van der Waals surface area (Å²) < 4.78 is 4.99. The SMILES string of the molecule is CCOC(=O)c1sc(NC(=O)CN2C(=O)[C@@H]3[C@H](C2=O)[C@H]2C=C[C@@H]3C2)cc1C. The van der Waals surface area contributed by atoms with Gasteiger partial charge < -0.3 is 10.1 Å². The number of hydrogen-bond donors (Lipinski definition) is 1. The zero-order valence-electron chi connectivity index (χ0n) is 15.1. The minimum atomic E-state index is -0.450. The van der Waals surface area contributed by atoms with E-state index in [1.54, 1.807) is 19.9 Å². The predicted octanol–water partition coefficient (Wildman–Crippen LogP) is 1.98. The first-order valence-corrected chi connectivity index (χ1v) is 9.83. The van der Waals surface area contributed by atoms with E-state index in [1.807, 2.05) is 12.2 Å². The number of hydrogen-bond acceptors (Lipinski definition) is 6. The highest BCUT2D eigenvalue weighted by Crippen LogP contribution is 2.52. The van der Waals surface area contributed by atoms with Gasteiger partial charge in [-0.15, -0.1) is 11.3 Å². The van der Waals surface area contributed by atoms with Crippen molar-refractivity contribution in [1.29, 1.82) is 0 Å². The number of anilines is 1. The number of amides is 3. The van der Waals surface area contributed by atoms with Crippen LogP contribution in [0.3, 0.4) is 0 Å². The number of nitrogens with one attached hydrogen (secondary N) is 1. The van der Waals surface area contributed by atoms with E-state index < -0.39 is 11.9 Å². The molecule has 1 aliphatic heterocycles. The fraction of sp³-hybridized carbons (Fsp3) is 0.474. The van der Waals surface area contributed by atoms with Crippen molar-refractivity contribution in [3.63, 3.8) is 0 Å². The third-order valence-electron chi connectivity index (χ3n) is 5.50. The predicted molar refractivity (Wildman–Crippen MR) is 98.1 cm³/mol. The smallest absolute Gasteiger partial charge is 0.348 e. The van der Waals surface area contributed by atoms with Crippen molar-refractivity contribution in [3.8, 4) is 0 Å². The van der Waals surface area contributed by atoms with Crippen molar-refractivity contribution in [1.82, 2.24) is 4.90 Å². The summed E-state index contributed by atoms with van der Waals surface area (Å²) in [5.74, 6) is -1.74. The van der Waals surface area contributed by atoms with Gasteiger partial charge in [-0.25, -0.2) is 4.79 Å². The van der Waals surface area contributed by atoms with E-state index in [9.17, 15) is 19.2 Å². The molecule has 0 radical (unpaired) electrons. The lowest BCUT2D eigenvalue weighted by molar-refractivity contribution is -0.143. The van der Waals surface area contributed by atoms with Crippen LogP contribution >= 0.6 is 11.3 Å². The fourth-order valence-electron chi connectivity index (χ4n) is 4.38. The molecule has 1 aromatic heterocycles. The number of carbonyl (C=O) groups excluding carboxylic acids is 4. The fourth-order valence-corrected chi connectivity index (χ4v) is 5.37. The molecule has 27 heavy (non-hydrogen) atoms. The maximum absolute atomic E-state index is 12.6. The summed E-state index contributed by atoms with van der Waals surface area (Å²) in [4.78, 5) is 51.0. The molecule has 2 bridgehead atoms. The third kappa shape index (κ3) is 2.88. The molecule has 2 heterocycles. The lowest BCUT2D eigenvalue weighted by Gasteiger charge is -2.16. The molecule has 1 aromatic rings. The number of allylic oxidation sites excluding steroid dienone is 2. The van der Waals surface area contributed by atoms with E-state index in [0.29, 0.717) is 15.4 Å². The van der Waals surface area contributed by atoms with Crippen LogP contribution in [0, 0.1) is 30.6 Å². The quantitative estimate of drug-likeness (QED) is 0.473. The zero-order chi connectivity index (χ0) is 19.3. The highest BCUT2D eigenvalue weighted by atomic mass is 32.1. The number of rotatable bonds is 5. The number of aryl methyl sites for hydroxylation is 1. The summed E-state index contributed by atoms with van der Waals surface area (Å²) >= 11 is 1.12. The van der Waals surface area contributed by atoms with E-state index in [4.69, 9.17) is 4.74 Å². The normalized spacial score (nSPS) is 28.0. The van der Waals surface area contributed by atoms with E-state index in [2.05, 4.69) is 5.32 Å². The molecule has 0 aromatic carbocycles. The number of thiophene rings is 1. The van der Waals surface area contributed by atoms with Crippen molar-refractivity contribution in [2.24, 2.45) is 23.7 Å². The van der Waals surface area contributed by atoms with Crippen LogP contribution in [0.4, 0.5) is 5.00 Å². The molecule has 7 nitrogen and oxygen atoms in total. The summed E-state index contributed by atoms with van der Waals surface area (Å²) in [7, 11) is 0. The Bertz CT molecular complexity index is 843. The highest BCUT2D eigenvalue weighted by molar-refractivity contribution is 7.18. The lowest BCUT2D eigenvalue weighted by Crippen LogP contribution is -2.39. The van der Waals surface area contributed by atoms with Gasteiger partial charge in [0, 0.05) is 0 Å². The summed E-state index contributed by atoms with van der Waals surface area (Å²) in [6, 6.07) is 1.68. The first kappa shape index (κ1) is 17.9. The molecule has 8 heteroatoms. The van der Waals surface area contributed by atoms with Gasteiger partial charge in [0.1, 0.15) is 11.4 Å². The van der Waals surface area contributed by atoms with Gasteiger partial charge in [-0.3, -0.25) is 19.3 Å². The minimum Gasteiger partial charge on any atom is -0.462 e. The molecule has 3 aliphatic rings. The average Bonchev–Trinajstić information content (AvgIpc) is 3.36. The van der Waals surface area contributed by atoms with Crippen molar-refractivity contribution < 1.29 is 23.9 Å². The Morgan fingerprint density at radius 1 is 1.22 bits per heavy atom. The number of esters is 1. The number of ether oxygens (including phenoxy) is 1. The number of likely N-dealkylation sites (tertiary alicyclic amines) is 1. The van der Waals surface area contributed by atoms with Gasteiger partial charge in [0.05, 0.1) is 23.4 Å². The maximum atomic E-state index is 12.6. The number of nitrogens with zero attached hydrogens (tertiary/aromatic N) is 1. The van der Waals surface area contributed by atoms with Gasteiger partial charge in [0.25, 0.3) is 0 Å². The molecule has 0 spiro atoms. The molecule has 1 saturated heterocycles. The molecule has 3 amide bonds. The monoisotopic (exact) mass is 388 g/mol. The molecule has 0 unspecified atom stereocenters. The number of imide groups is 1. The van der Waals surface area contributed by atoms with Crippen LogP contribution in [0.5, 0.6) is 0 Å². The van der Waals surface area contributed by atoms with E-state index >= 15 is 0 Å². The van der Waals surface area contributed by atoms with Crippen LogP contribution in [0.1, 0.15) is 28.6 Å². The van der Waals surface area contributed by atoms with Crippen molar-refractivity contribution in [2.45, 2.75) is 20.3 Å². The molecule has 4 rings (SSSR count). The van der Waals surface area contributed by atoms with Gasteiger partial charge in [-0.05, 0) is 43.7 Å². The summed E-state index contributed by atoms with van der Waals surface area (Å²) in [6.07, 6.45) is 4.90. The topological polar surface area (TPSA) is 92.8 Å². The number of fused-ring (bicyclic) bond motifs is 5. The van der Waals surface area contributed by atoms with E-state index in [1.165, 1.54) is 0 Å². The van der Waals surface area contributed by atoms with Crippen LogP contribution in [0.2, 0.25) is 0 Å². The Morgan fingerprint density at radius 2 is 1.85 bits per heavy atom. The maximum Gasteiger partial charge on any atom is 0.348 e. The van der Waals surface area contributed by atoms with Crippen molar-refractivity contribution in [3.05, 3.63) is 28.7 Å². The van der Waals surface area contributed by atoms with Crippen LogP contribution in [0.25, 0.3) is 0 Å². The molecule has 2 fully saturated rings. The first-order chi connectivity index (χ1) is 12.9. The first-order valence-electron chi connectivity index (χ1n) is 9.01. The molecular formula is C19H20N2O5S. The summed E-state index contributed by atoms with van der Waals surface area (Å²) in [5.41, 5.74) is 0.708. The van der Waals surface area contributed by atoms with Gasteiger partial charge in [0.2, 0.25) is 17.7 Å². The summed E-state index contributed by atoms with van der Waals surface area (Å²) in [5, 5.41) is 3.17. The van der Waals surface area contributed by atoms with Gasteiger partial charge in [-0.1, -0.05) is 12.2 Å². The second kappa shape index (κ2) is 6.60. The van der Waals surface area contributed by atoms with Gasteiger partial charge >= 0.3 is 5.97 Å². The third-order valence-corrected chi connectivity index (χ3v) is 6.64. The largest absolute Gasteiger partial charge is 0.462 e. The van der Waals surface area contributed by atoms with Crippen LogP contribution in [-0.4, -0.2) is 41.7 Å². The molecule has 1 saturated carbocycles. The zero-order valence-corrected chi connectivity index (χ0v) is 15.9. The molecule has 2 aliphatic carbocycles. The Kier molecular flexibility index (Phi) is 4.38. The number of carbonyl (C=O) groups is 4. The van der Waals surface area contributed by atoms with Crippen molar-refractivity contribution >= 4 is 40.0 Å². The molecular weight excluding hydrogens is 368 g/mol. The molecule has 142 valence electrons.